The van der Waals surface area contributed by atoms with E-state index in [1.54, 1.807) is 6.07 Å². The second kappa shape index (κ2) is 6.89. The van der Waals surface area contributed by atoms with Crippen LogP contribution in [0.3, 0.4) is 0 Å². The fourth-order valence-corrected chi connectivity index (χ4v) is 3.29. The zero-order chi connectivity index (χ0) is 15.5. The molecule has 0 spiro atoms. The number of aryl methyl sites for hydroxylation is 1. The van der Waals surface area contributed by atoms with Gasteiger partial charge in [-0.1, -0.05) is 26.0 Å². The molecule has 0 bridgehead atoms. The summed E-state index contributed by atoms with van der Waals surface area (Å²) in [4.78, 5) is 2.51. The molecule has 1 heterocycles. The molecule has 1 aliphatic rings. The van der Waals surface area contributed by atoms with E-state index in [9.17, 15) is 4.39 Å². The predicted molar refractivity (Wildman–Crippen MR) is 87.1 cm³/mol. The Balaban J connectivity index is 2.20. The molecule has 21 heavy (non-hydrogen) atoms. The quantitative estimate of drug-likeness (QED) is 0.900. The number of rotatable bonds is 4. The average Bonchev–Trinajstić information content (AvgIpc) is 2.72. The van der Waals surface area contributed by atoms with Gasteiger partial charge in [0.05, 0.1) is 0 Å². The van der Waals surface area contributed by atoms with E-state index in [2.05, 4.69) is 37.1 Å². The van der Waals surface area contributed by atoms with Crippen LogP contribution in [0.2, 0.25) is 0 Å². The predicted octanol–water partition coefficient (Wildman–Crippen LogP) is 4.05. The van der Waals surface area contributed by atoms with E-state index < -0.39 is 0 Å². The summed E-state index contributed by atoms with van der Waals surface area (Å²) in [6, 6.07) is 5.93. The highest BCUT2D eigenvalue weighted by molar-refractivity contribution is 5.25. The van der Waals surface area contributed by atoms with Gasteiger partial charge in [-0.25, -0.2) is 4.39 Å². The lowest BCUT2D eigenvalue weighted by Crippen LogP contribution is -2.51. The molecule has 2 nitrogen and oxygen atoms in total. The van der Waals surface area contributed by atoms with Gasteiger partial charge in [0, 0.05) is 24.7 Å². The molecule has 1 aromatic carbocycles. The number of nitrogens with zero attached hydrogens (tertiary/aromatic N) is 1. The van der Waals surface area contributed by atoms with Crippen LogP contribution in [0, 0.1) is 12.7 Å². The van der Waals surface area contributed by atoms with Crippen molar-refractivity contribution in [3.05, 3.63) is 35.1 Å². The van der Waals surface area contributed by atoms with E-state index in [0.717, 1.165) is 50.0 Å². The van der Waals surface area contributed by atoms with Crippen molar-refractivity contribution < 1.29 is 4.39 Å². The van der Waals surface area contributed by atoms with E-state index in [1.165, 1.54) is 0 Å². The average molecular weight is 292 g/mol. The summed E-state index contributed by atoms with van der Waals surface area (Å²) < 4.78 is 13.8. The van der Waals surface area contributed by atoms with Crippen LogP contribution in [-0.4, -0.2) is 30.1 Å². The smallest absolute Gasteiger partial charge is 0.126 e. The molecule has 0 aromatic heterocycles. The van der Waals surface area contributed by atoms with Crippen molar-refractivity contribution in [3.8, 4) is 0 Å². The first-order valence-corrected chi connectivity index (χ1v) is 8.26. The maximum Gasteiger partial charge on any atom is 0.126 e. The Morgan fingerprint density at radius 1 is 1.33 bits per heavy atom. The molecule has 0 aliphatic carbocycles. The van der Waals surface area contributed by atoms with E-state index in [4.69, 9.17) is 0 Å². The minimum atomic E-state index is -0.0930. The Labute approximate surface area is 128 Å². The van der Waals surface area contributed by atoms with Crippen molar-refractivity contribution in [3.63, 3.8) is 0 Å². The summed E-state index contributed by atoms with van der Waals surface area (Å²) in [6.45, 7) is 11.7. The lowest BCUT2D eigenvalue weighted by molar-refractivity contribution is 0.157. The van der Waals surface area contributed by atoms with Crippen LogP contribution in [0.5, 0.6) is 0 Å². The molecule has 1 aromatic rings. The summed E-state index contributed by atoms with van der Waals surface area (Å²) in [5.41, 5.74) is 2.01. The Kier molecular flexibility index (Phi) is 5.39. The van der Waals surface area contributed by atoms with Gasteiger partial charge in [0.2, 0.25) is 0 Å². The largest absolute Gasteiger partial charge is 0.310 e. The Hall–Kier alpha value is -0.930. The molecule has 1 unspecified atom stereocenters. The number of benzene rings is 1. The SMILES string of the molecule is CCC1(CC)CN(C(C)c2ccc(C)c(F)c2)CCCN1. The maximum atomic E-state index is 13.8. The number of halogens is 1. The fourth-order valence-electron chi connectivity index (χ4n) is 3.29. The van der Waals surface area contributed by atoms with Crippen LogP contribution in [-0.2, 0) is 0 Å². The molecule has 118 valence electrons. The molecule has 1 fully saturated rings. The van der Waals surface area contributed by atoms with Crippen LogP contribution in [0.1, 0.15) is 57.2 Å². The minimum Gasteiger partial charge on any atom is -0.310 e. The van der Waals surface area contributed by atoms with Crippen LogP contribution < -0.4 is 5.32 Å². The lowest BCUT2D eigenvalue weighted by atomic mass is 9.91. The Morgan fingerprint density at radius 3 is 2.67 bits per heavy atom. The molecule has 1 atom stereocenters. The number of hydrogen-bond acceptors (Lipinski definition) is 2. The maximum absolute atomic E-state index is 13.8. The molecule has 1 N–H and O–H groups in total. The van der Waals surface area contributed by atoms with E-state index in [-0.39, 0.29) is 17.4 Å². The molecule has 1 aliphatic heterocycles. The summed E-state index contributed by atoms with van der Waals surface area (Å²) in [5, 5.41) is 3.74. The number of nitrogens with one attached hydrogen (secondary N) is 1. The van der Waals surface area contributed by atoms with Gasteiger partial charge in [-0.3, -0.25) is 4.90 Å². The third-order valence-corrected chi connectivity index (χ3v) is 5.21. The monoisotopic (exact) mass is 292 g/mol. The first kappa shape index (κ1) is 16.4. The molecule has 0 amide bonds. The van der Waals surface area contributed by atoms with E-state index in [0.29, 0.717) is 0 Å². The van der Waals surface area contributed by atoms with E-state index >= 15 is 0 Å². The van der Waals surface area contributed by atoms with Gasteiger partial charge < -0.3 is 5.32 Å². The molecule has 1 saturated heterocycles. The van der Waals surface area contributed by atoms with Gasteiger partial charge in [-0.05, 0) is 56.8 Å². The first-order chi connectivity index (χ1) is 10.0. The lowest BCUT2D eigenvalue weighted by Gasteiger charge is -2.38. The van der Waals surface area contributed by atoms with Crippen molar-refractivity contribution >= 4 is 0 Å². The topological polar surface area (TPSA) is 15.3 Å². The van der Waals surface area contributed by atoms with Crippen molar-refractivity contribution in [2.24, 2.45) is 0 Å². The molecular weight excluding hydrogens is 263 g/mol. The van der Waals surface area contributed by atoms with E-state index in [1.807, 2.05) is 13.0 Å². The summed E-state index contributed by atoms with van der Waals surface area (Å²) in [6.07, 6.45) is 3.42. The molecule has 2 rings (SSSR count). The zero-order valence-electron chi connectivity index (χ0n) is 13.9. The normalized spacial score (nSPS) is 21.0. The minimum absolute atomic E-state index is 0.0930. The fraction of sp³-hybridized carbons (Fsp3) is 0.667. The van der Waals surface area contributed by atoms with Crippen molar-refractivity contribution in [2.75, 3.05) is 19.6 Å². The van der Waals surface area contributed by atoms with Gasteiger partial charge in [-0.2, -0.15) is 0 Å². The zero-order valence-corrected chi connectivity index (χ0v) is 13.9. The third-order valence-electron chi connectivity index (χ3n) is 5.21. The Bertz CT molecular complexity index is 468. The summed E-state index contributed by atoms with van der Waals surface area (Å²) in [7, 11) is 0. The van der Waals surface area contributed by atoms with Crippen LogP contribution in [0.25, 0.3) is 0 Å². The summed E-state index contributed by atoms with van der Waals surface area (Å²) in [5.74, 6) is -0.0930. The second-order valence-electron chi connectivity index (χ2n) is 6.42. The van der Waals surface area contributed by atoms with Gasteiger partial charge in [0.15, 0.2) is 0 Å². The van der Waals surface area contributed by atoms with Gasteiger partial charge in [0.1, 0.15) is 5.82 Å². The standard InChI is InChI=1S/C18H29FN2/c1-5-18(6-2)13-21(11-7-10-20-18)15(4)16-9-8-14(3)17(19)12-16/h8-9,12,15,20H,5-7,10-11,13H2,1-4H3. The molecule has 3 heteroatoms. The molecule has 0 radical (unpaired) electrons. The van der Waals surface area contributed by atoms with Crippen LogP contribution in [0.15, 0.2) is 18.2 Å². The molecule has 0 saturated carbocycles. The first-order valence-electron chi connectivity index (χ1n) is 8.26. The van der Waals surface area contributed by atoms with Crippen molar-refractivity contribution in [1.29, 1.82) is 0 Å². The van der Waals surface area contributed by atoms with Gasteiger partial charge >= 0.3 is 0 Å². The highest BCUT2D eigenvalue weighted by atomic mass is 19.1. The van der Waals surface area contributed by atoms with Crippen LogP contribution >= 0.6 is 0 Å². The Morgan fingerprint density at radius 2 is 2.05 bits per heavy atom. The van der Waals surface area contributed by atoms with Crippen molar-refractivity contribution in [2.45, 2.75) is 58.5 Å². The highest BCUT2D eigenvalue weighted by Crippen LogP contribution is 2.28. The second-order valence-corrected chi connectivity index (χ2v) is 6.42. The van der Waals surface area contributed by atoms with Gasteiger partial charge in [-0.15, -0.1) is 0 Å². The highest BCUT2D eigenvalue weighted by Gasteiger charge is 2.32. The summed E-state index contributed by atoms with van der Waals surface area (Å²) >= 11 is 0. The third kappa shape index (κ3) is 3.64. The van der Waals surface area contributed by atoms with Crippen molar-refractivity contribution in [1.82, 2.24) is 10.2 Å². The van der Waals surface area contributed by atoms with Gasteiger partial charge in [0.25, 0.3) is 0 Å². The van der Waals surface area contributed by atoms with Crippen LogP contribution in [0.4, 0.5) is 4.39 Å². The molecular formula is C18H29FN2. The number of hydrogen-bond donors (Lipinski definition) is 1.